The molecular weight excluding hydrogens is 280 g/mol. The molecule has 0 saturated carbocycles. The highest BCUT2D eigenvalue weighted by Gasteiger charge is 2.40. The summed E-state index contributed by atoms with van der Waals surface area (Å²) in [4.78, 5) is 4.39. The molecule has 0 bridgehead atoms. The van der Waals surface area contributed by atoms with Crippen LogP contribution in [0.25, 0.3) is 11.3 Å². The molecule has 0 spiro atoms. The molecule has 5 heteroatoms. The van der Waals surface area contributed by atoms with Gasteiger partial charge in [-0.3, -0.25) is 0 Å². The standard InChI is InChI=1S/C16H18N4S/c1-2-4-14-13(3-1)15-9-17-10-19(15)16(14)11-5-6-20-12(7-11)8-18-21-20/h1-4,9-12,16,18H,5-8H2. The molecule has 4 nitrogen and oxygen atoms in total. The fourth-order valence-electron chi connectivity index (χ4n) is 4.22. The van der Waals surface area contributed by atoms with Gasteiger partial charge in [0.15, 0.2) is 0 Å². The summed E-state index contributed by atoms with van der Waals surface area (Å²) in [6.45, 7) is 2.31. The molecule has 21 heavy (non-hydrogen) atoms. The minimum Gasteiger partial charge on any atom is -0.323 e. The van der Waals surface area contributed by atoms with E-state index in [1.54, 1.807) is 0 Å². The average molecular weight is 298 g/mol. The van der Waals surface area contributed by atoms with Crippen molar-refractivity contribution in [2.24, 2.45) is 5.92 Å². The Morgan fingerprint density at radius 2 is 2.24 bits per heavy atom. The molecule has 3 atom stereocenters. The summed E-state index contributed by atoms with van der Waals surface area (Å²) in [6, 6.07) is 10.0. The fraction of sp³-hybridized carbons (Fsp3) is 0.438. The molecular formula is C16H18N4S. The predicted octanol–water partition coefficient (Wildman–Crippen LogP) is 2.70. The van der Waals surface area contributed by atoms with Gasteiger partial charge in [-0.25, -0.2) is 14.0 Å². The number of nitrogens with zero attached hydrogens (tertiary/aromatic N) is 3. The van der Waals surface area contributed by atoms with E-state index >= 15 is 0 Å². The van der Waals surface area contributed by atoms with Gasteiger partial charge < -0.3 is 4.57 Å². The van der Waals surface area contributed by atoms with E-state index in [4.69, 9.17) is 0 Å². The molecule has 5 rings (SSSR count). The number of imidazole rings is 1. The molecule has 0 amide bonds. The molecule has 0 aliphatic carbocycles. The van der Waals surface area contributed by atoms with E-state index in [2.05, 4.69) is 42.8 Å². The van der Waals surface area contributed by atoms with Crippen LogP contribution in [0.1, 0.15) is 24.4 Å². The number of hydrogen-bond acceptors (Lipinski definition) is 4. The van der Waals surface area contributed by atoms with Gasteiger partial charge >= 0.3 is 0 Å². The minimum absolute atomic E-state index is 0.478. The number of piperidine rings is 1. The van der Waals surface area contributed by atoms with Gasteiger partial charge in [-0.05, 0) is 24.3 Å². The largest absolute Gasteiger partial charge is 0.323 e. The zero-order chi connectivity index (χ0) is 13.8. The molecule has 3 aliphatic heterocycles. The number of rotatable bonds is 1. The molecule has 0 radical (unpaired) electrons. The zero-order valence-electron chi connectivity index (χ0n) is 11.8. The number of fused-ring (bicyclic) bond motifs is 4. The lowest BCUT2D eigenvalue weighted by Gasteiger charge is -2.36. The number of benzene rings is 1. The Morgan fingerprint density at radius 3 is 3.24 bits per heavy atom. The van der Waals surface area contributed by atoms with Gasteiger partial charge in [-0.2, -0.15) is 0 Å². The highest BCUT2D eigenvalue weighted by Crippen LogP contribution is 2.47. The van der Waals surface area contributed by atoms with Crippen molar-refractivity contribution in [2.45, 2.75) is 24.9 Å². The molecule has 4 heterocycles. The Hall–Kier alpha value is -1.30. The summed E-state index contributed by atoms with van der Waals surface area (Å²) in [6.07, 6.45) is 6.58. The maximum Gasteiger partial charge on any atom is 0.0956 e. The SMILES string of the molecule is c1ccc2c(c1)-c1cncn1C2C1CCN2SNCC2C1. The van der Waals surface area contributed by atoms with E-state index in [9.17, 15) is 0 Å². The molecule has 2 saturated heterocycles. The Labute approximate surface area is 128 Å². The maximum atomic E-state index is 4.39. The van der Waals surface area contributed by atoms with E-state index in [-0.39, 0.29) is 0 Å². The van der Waals surface area contributed by atoms with Crippen LogP contribution in [0.15, 0.2) is 36.8 Å². The molecule has 3 aliphatic rings. The van der Waals surface area contributed by atoms with Crippen LogP contribution in [-0.4, -0.2) is 33.0 Å². The van der Waals surface area contributed by atoms with Crippen LogP contribution in [0.4, 0.5) is 0 Å². The van der Waals surface area contributed by atoms with Gasteiger partial charge in [0.25, 0.3) is 0 Å². The quantitative estimate of drug-likeness (QED) is 0.821. The normalized spacial score (nSPS) is 31.0. The fourth-order valence-corrected chi connectivity index (χ4v) is 5.16. The summed E-state index contributed by atoms with van der Waals surface area (Å²) in [5, 5.41) is 0. The minimum atomic E-state index is 0.478. The van der Waals surface area contributed by atoms with E-state index in [0.717, 1.165) is 6.54 Å². The van der Waals surface area contributed by atoms with Gasteiger partial charge in [0, 0.05) is 36.8 Å². The van der Waals surface area contributed by atoms with E-state index in [0.29, 0.717) is 18.0 Å². The first-order chi connectivity index (χ1) is 10.4. The topological polar surface area (TPSA) is 33.1 Å². The highest BCUT2D eigenvalue weighted by molar-refractivity contribution is 7.95. The highest BCUT2D eigenvalue weighted by atomic mass is 32.2. The molecule has 1 aromatic carbocycles. The Balaban J connectivity index is 1.54. The van der Waals surface area contributed by atoms with Crippen LogP contribution in [0.2, 0.25) is 0 Å². The smallest absolute Gasteiger partial charge is 0.0956 e. The van der Waals surface area contributed by atoms with Crippen LogP contribution in [-0.2, 0) is 0 Å². The summed E-state index contributed by atoms with van der Waals surface area (Å²) < 4.78 is 8.36. The third-order valence-electron chi connectivity index (χ3n) is 5.17. The van der Waals surface area contributed by atoms with Crippen LogP contribution in [0.3, 0.4) is 0 Å². The van der Waals surface area contributed by atoms with Crippen LogP contribution in [0, 0.1) is 5.92 Å². The first-order valence-electron chi connectivity index (χ1n) is 7.69. The van der Waals surface area contributed by atoms with Crippen molar-refractivity contribution in [1.82, 2.24) is 18.6 Å². The van der Waals surface area contributed by atoms with E-state index in [1.807, 2.05) is 24.7 Å². The van der Waals surface area contributed by atoms with E-state index < -0.39 is 0 Å². The molecule has 2 fully saturated rings. The average Bonchev–Trinajstić information content (AvgIpc) is 3.21. The van der Waals surface area contributed by atoms with Crippen LogP contribution < -0.4 is 4.72 Å². The first-order valence-corrected chi connectivity index (χ1v) is 8.47. The van der Waals surface area contributed by atoms with Gasteiger partial charge in [0.2, 0.25) is 0 Å². The molecule has 1 N–H and O–H groups in total. The maximum absolute atomic E-state index is 4.39. The zero-order valence-corrected chi connectivity index (χ0v) is 12.6. The summed E-state index contributed by atoms with van der Waals surface area (Å²) >= 11 is 1.81. The summed E-state index contributed by atoms with van der Waals surface area (Å²) in [5.41, 5.74) is 4.16. The third-order valence-corrected chi connectivity index (χ3v) is 6.18. The van der Waals surface area contributed by atoms with Crippen LogP contribution >= 0.6 is 12.1 Å². The molecule has 2 aromatic rings. The molecule has 108 valence electrons. The van der Waals surface area contributed by atoms with Crippen molar-refractivity contribution >= 4 is 12.1 Å². The lowest BCUT2D eigenvalue weighted by molar-refractivity contribution is 0.194. The Kier molecular flexibility index (Phi) is 2.68. The van der Waals surface area contributed by atoms with Gasteiger partial charge in [-0.1, -0.05) is 24.3 Å². The summed E-state index contributed by atoms with van der Waals surface area (Å²) in [7, 11) is 0. The van der Waals surface area contributed by atoms with Crippen molar-refractivity contribution in [1.29, 1.82) is 0 Å². The summed E-state index contributed by atoms with van der Waals surface area (Å²) in [5.74, 6) is 0.711. The monoisotopic (exact) mass is 298 g/mol. The number of nitrogens with one attached hydrogen (secondary N) is 1. The first kappa shape index (κ1) is 12.3. The third kappa shape index (κ3) is 1.74. The lowest BCUT2D eigenvalue weighted by Crippen LogP contribution is -2.39. The van der Waals surface area contributed by atoms with Crippen molar-refractivity contribution in [2.75, 3.05) is 13.1 Å². The van der Waals surface area contributed by atoms with Crippen molar-refractivity contribution < 1.29 is 0 Å². The number of aromatic nitrogens is 2. The van der Waals surface area contributed by atoms with Gasteiger partial charge in [0.05, 0.1) is 24.3 Å². The van der Waals surface area contributed by atoms with E-state index in [1.165, 1.54) is 36.2 Å². The Morgan fingerprint density at radius 1 is 1.29 bits per heavy atom. The molecule has 1 aromatic heterocycles. The predicted molar refractivity (Wildman–Crippen MR) is 84.6 cm³/mol. The number of hydrogen-bond donors (Lipinski definition) is 1. The van der Waals surface area contributed by atoms with Crippen molar-refractivity contribution in [3.8, 4) is 11.3 Å². The molecule has 3 unspecified atom stereocenters. The Bertz CT molecular complexity index is 682. The van der Waals surface area contributed by atoms with Gasteiger partial charge in [-0.15, -0.1) is 0 Å². The van der Waals surface area contributed by atoms with Crippen molar-refractivity contribution in [3.63, 3.8) is 0 Å². The second kappa shape index (κ2) is 4.60. The van der Waals surface area contributed by atoms with Crippen molar-refractivity contribution in [3.05, 3.63) is 42.4 Å². The second-order valence-electron chi connectivity index (χ2n) is 6.24. The van der Waals surface area contributed by atoms with Gasteiger partial charge in [0.1, 0.15) is 0 Å². The second-order valence-corrected chi connectivity index (χ2v) is 7.18. The van der Waals surface area contributed by atoms with Crippen LogP contribution in [0.5, 0.6) is 0 Å². The lowest BCUT2D eigenvalue weighted by atomic mass is 9.83.